The molecule has 1 fully saturated rings. The van der Waals surface area contributed by atoms with E-state index >= 15 is 0 Å². The standard InChI is InChI=1S/C18H28O5/c1-2-14-15(17(21)12-16(14)20)11-10-13(19)8-6-4-3-5-7-9-18(22)23/h4,6,10-11,13-16,19-20H,2-3,5,7-9,12H2,1H3,(H,22,23)/b6-4-,11-10+/t13-,14+,15-,16-/m0/s1. The molecule has 4 atom stereocenters. The molecule has 1 saturated carbocycles. The number of hydrogen-bond acceptors (Lipinski definition) is 4. The van der Waals surface area contributed by atoms with Gasteiger partial charge in [0, 0.05) is 18.8 Å². The number of carbonyl (C=O) groups is 2. The van der Waals surface area contributed by atoms with E-state index in [9.17, 15) is 19.8 Å². The Bertz CT molecular complexity index is 441. The minimum atomic E-state index is -0.772. The molecule has 0 heterocycles. The summed E-state index contributed by atoms with van der Waals surface area (Å²) < 4.78 is 0. The van der Waals surface area contributed by atoms with E-state index in [1.807, 2.05) is 19.1 Å². The Balaban J connectivity index is 2.28. The molecule has 0 aliphatic heterocycles. The molecule has 0 radical (unpaired) electrons. The van der Waals surface area contributed by atoms with Crippen LogP contribution in [0.5, 0.6) is 0 Å². The summed E-state index contributed by atoms with van der Waals surface area (Å²) in [4.78, 5) is 22.2. The number of ketones is 1. The SMILES string of the molecule is CC[C@@H]1[C@H](/C=C/[C@@H](O)C/C=C\CCCCC(=O)O)C(=O)C[C@@H]1O. The molecule has 1 rings (SSSR count). The van der Waals surface area contributed by atoms with Gasteiger partial charge in [-0.3, -0.25) is 9.59 Å². The second-order valence-electron chi connectivity index (χ2n) is 6.13. The molecular formula is C18H28O5. The quantitative estimate of drug-likeness (QED) is 0.424. The second kappa shape index (κ2) is 10.3. The third-order valence-corrected chi connectivity index (χ3v) is 4.31. The van der Waals surface area contributed by atoms with Crippen LogP contribution in [0.15, 0.2) is 24.3 Å². The van der Waals surface area contributed by atoms with Gasteiger partial charge in [0.05, 0.1) is 12.2 Å². The predicted molar refractivity (Wildman–Crippen MR) is 87.9 cm³/mol. The van der Waals surface area contributed by atoms with Gasteiger partial charge in [-0.15, -0.1) is 0 Å². The number of hydrogen-bond donors (Lipinski definition) is 3. The van der Waals surface area contributed by atoms with E-state index in [1.54, 1.807) is 12.2 Å². The molecule has 5 heteroatoms. The van der Waals surface area contributed by atoms with Gasteiger partial charge in [0.15, 0.2) is 0 Å². The third kappa shape index (κ3) is 7.10. The van der Waals surface area contributed by atoms with Crippen molar-refractivity contribution in [1.29, 1.82) is 0 Å². The van der Waals surface area contributed by atoms with Crippen LogP contribution in [-0.2, 0) is 9.59 Å². The highest BCUT2D eigenvalue weighted by Gasteiger charge is 2.38. The van der Waals surface area contributed by atoms with Crippen LogP contribution >= 0.6 is 0 Å². The summed E-state index contributed by atoms with van der Waals surface area (Å²) in [7, 11) is 0. The number of aliphatic carboxylic acids is 1. The molecule has 0 aromatic carbocycles. The topological polar surface area (TPSA) is 94.8 Å². The number of rotatable bonds is 10. The molecule has 0 spiro atoms. The van der Waals surface area contributed by atoms with E-state index in [0.29, 0.717) is 12.8 Å². The lowest BCUT2D eigenvalue weighted by Crippen LogP contribution is -2.18. The van der Waals surface area contributed by atoms with Gasteiger partial charge in [-0.2, -0.15) is 0 Å². The van der Waals surface area contributed by atoms with E-state index < -0.39 is 18.2 Å². The first-order valence-electron chi connectivity index (χ1n) is 8.39. The highest BCUT2D eigenvalue weighted by Crippen LogP contribution is 2.32. The van der Waals surface area contributed by atoms with Crippen LogP contribution < -0.4 is 0 Å². The molecular weight excluding hydrogens is 296 g/mol. The summed E-state index contributed by atoms with van der Waals surface area (Å²) >= 11 is 0. The van der Waals surface area contributed by atoms with Gasteiger partial charge in [0.2, 0.25) is 0 Å². The Hall–Kier alpha value is -1.46. The second-order valence-corrected chi connectivity index (χ2v) is 6.13. The first kappa shape index (κ1) is 19.6. The first-order valence-corrected chi connectivity index (χ1v) is 8.39. The summed E-state index contributed by atoms with van der Waals surface area (Å²) in [5.41, 5.74) is 0. The number of carboxylic acid groups (broad SMARTS) is 1. The van der Waals surface area contributed by atoms with Crippen molar-refractivity contribution in [1.82, 2.24) is 0 Å². The maximum absolute atomic E-state index is 11.8. The molecule has 0 unspecified atom stereocenters. The number of carbonyl (C=O) groups excluding carboxylic acids is 1. The zero-order valence-corrected chi connectivity index (χ0v) is 13.7. The molecule has 23 heavy (non-hydrogen) atoms. The summed E-state index contributed by atoms with van der Waals surface area (Å²) in [5.74, 6) is -1.06. The molecule has 0 bridgehead atoms. The first-order chi connectivity index (χ1) is 11.0. The maximum atomic E-state index is 11.8. The van der Waals surface area contributed by atoms with Crippen LogP contribution in [0.1, 0.15) is 51.9 Å². The maximum Gasteiger partial charge on any atom is 0.303 e. The van der Waals surface area contributed by atoms with E-state index in [-0.39, 0.29) is 30.5 Å². The number of allylic oxidation sites excluding steroid dienone is 2. The lowest BCUT2D eigenvalue weighted by atomic mass is 9.91. The number of carboxylic acids is 1. The molecule has 0 saturated heterocycles. The molecule has 1 aliphatic rings. The summed E-state index contributed by atoms with van der Waals surface area (Å²) in [6.45, 7) is 1.96. The van der Waals surface area contributed by atoms with Gasteiger partial charge >= 0.3 is 5.97 Å². The smallest absolute Gasteiger partial charge is 0.303 e. The van der Waals surface area contributed by atoms with E-state index in [2.05, 4.69) is 0 Å². The van der Waals surface area contributed by atoms with Crippen LogP contribution in [0, 0.1) is 11.8 Å². The Morgan fingerprint density at radius 3 is 2.74 bits per heavy atom. The van der Waals surface area contributed by atoms with Crippen molar-refractivity contribution >= 4 is 11.8 Å². The Kier molecular flexibility index (Phi) is 8.81. The van der Waals surface area contributed by atoms with E-state index in [0.717, 1.165) is 19.3 Å². The fourth-order valence-electron chi connectivity index (χ4n) is 2.97. The predicted octanol–water partition coefficient (Wildman–Crippen LogP) is 2.47. The van der Waals surface area contributed by atoms with Gasteiger partial charge in [-0.1, -0.05) is 31.2 Å². The molecule has 3 N–H and O–H groups in total. The summed E-state index contributed by atoms with van der Waals surface area (Å²) in [5, 5.41) is 28.2. The van der Waals surface area contributed by atoms with Crippen LogP contribution in [0.25, 0.3) is 0 Å². The zero-order chi connectivity index (χ0) is 17.2. The van der Waals surface area contributed by atoms with Crippen molar-refractivity contribution in [3.05, 3.63) is 24.3 Å². The minimum Gasteiger partial charge on any atom is -0.481 e. The van der Waals surface area contributed by atoms with Crippen LogP contribution in [0.2, 0.25) is 0 Å². The van der Waals surface area contributed by atoms with Crippen molar-refractivity contribution in [2.45, 2.75) is 64.1 Å². The molecule has 0 amide bonds. The number of Topliss-reactive ketones (excluding diaryl/α,β-unsaturated/α-hetero) is 1. The summed E-state index contributed by atoms with van der Waals surface area (Å²) in [6.07, 6.45) is 9.87. The number of unbranched alkanes of at least 4 members (excludes halogenated alkanes) is 2. The van der Waals surface area contributed by atoms with E-state index in [4.69, 9.17) is 5.11 Å². The van der Waals surface area contributed by atoms with Gasteiger partial charge in [0.25, 0.3) is 0 Å². The Morgan fingerprint density at radius 2 is 2.09 bits per heavy atom. The normalized spacial score (nSPS) is 26.4. The van der Waals surface area contributed by atoms with Crippen molar-refractivity contribution in [2.24, 2.45) is 11.8 Å². The van der Waals surface area contributed by atoms with Gasteiger partial charge in [-0.05, 0) is 38.0 Å². The average molecular weight is 324 g/mol. The van der Waals surface area contributed by atoms with Gasteiger partial charge in [0.1, 0.15) is 5.78 Å². The van der Waals surface area contributed by atoms with Crippen molar-refractivity contribution < 1.29 is 24.9 Å². The van der Waals surface area contributed by atoms with Crippen LogP contribution in [-0.4, -0.2) is 39.3 Å². The highest BCUT2D eigenvalue weighted by molar-refractivity contribution is 5.85. The summed E-state index contributed by atoms with van der Waals surface area (Å²) in [6, 6.07) is 0. The lowest BCUT2D eigenvalue weighted by Gasteiger charge is -2.16. The van der Waals surface area contributed by atoms with E-state index in [1.165, 1.54) is 0 Å². The average Bonchev–Trinajstić information content (AvgIpc) is 2.76. The fourth-order valence-corrected chi connectivity index (χ4v) is 2.97. The molecule has 0 aromatic rings. The Morgan fingerprint density at radius 1 is 1.35 bits per heavy atom. The Labute approximate surface area is 137 Å². The van der Waals surface area contributed by atoms with Gasteiger partial charge < -0.3 is 15.3 Å². The number of aliphatic hydroxyl groups is 2. The van der Waals surface area contributed by atoms with Crippen molar-refractivity contribution in [2.75, 3.05) is 0 Å². The molecule has 0 aromatic heterocycles. The molecule has 130 valence electrons. The molecule has 5 nitrogen and oxygen atoms in total. The zero-order valence-electron chi connectivity index (χ0n) is 13.7. The van der Waals surface area contributed by atoms with Crippen LogP contribution in [0.4, 0.5) is 0 Å². The monoisotopic (exact) mass is 324 g/mol. The lowest BCUT2D eigenvalue weighted by molar-refractivity contribution is -0.137. The number of aliphatic hydroxyl groups excluding tert-OH is 2. The molecule has 1 aliphatic carbocycles. The van der Waals surface area contributed by atoms with Crippen molar-refractivity contribution in [3.63, 3.8) is 0 Å². The fraction of sp³-hybridized carbons (Fsp3) is 0.667. The van der Waals surface area contributed by atoms with Crippen LogP contribution in [0.3, 0.4) is 0 Å². The highest BCUT2D eigenvalue weighted by atomic mass is 16.4. The van der Waals surface area contributed by atoms with Crippen molar-refractivity contribution in [3.8, 4) is 0 Å². The third-order valence-electron chi connectivity index (χ3n) is 4.31. The van der Waals surface area contributed by atoms with Gasteiger partial charge in [-0.25, -0.2) is 0 Å². The largest absolute Gasteiger partial charge is 0.481 e. The minimum absolute atomic E-state index is 0.0433.